The quantitative estimate of drug-likeness (QED) is 0.846. The highest BCUT2D eigenvalue weighted by atomic mass is 35.5. The summed E-state index contributed by atoms with van der Waals surface area (Å²) in [6, 6.07) is 8.10. The summed E-state index contributed by atoms with van der Waals surface area (Å²) in [6.45, 7) is 0. The van der Waals surface area contributed by atoms with Gasteiger partial charge in [0, 0.05) is 11.9 Å². The summed E-state index contributed by atoms with van der Waals surface area (Å²) in [5.74, 6) is 0.499. The molecule has 0 aliphatic carbocycles. The smallest absolute Gasteiger partial charge is 0.260 e. The van der Waals surface area contributed by atoms with E-state index in [0.29, 0.717) is 27.8 Å². The van der Waals surface area contributed by atoms with Crippen molar-refractivity contribution in [2.45, 2.75) is 0 Å². The van der Waals surface area contributed by atoms with Crippen LogP contribution in [0.4, 0.5) is 11.5 Å². The number of methoxy groups -OCH3 is 1. The number of nitrogens with one attached hydrogen (secondary N) is 1. The maximum absolute atomic E-state index is 12.1. The number of amides is 1. The minimum absolute atomic E-state index is 0.347. The molecule has 0 unspecified atom stereocenters. The molecule has 0 spiro atoms. The van der Waals surface area contributed by atoms with Crippen LogP contribution in [0.2, 0.25) is 5.02 Å². The Kier molecular flexibility index (Phi) is 3.87. The van der Waals surface area contributed by atoms with E-state index in [4.69, 9.17) is 22.1 Å². The Morgan fingerprint density at radius 2 is 2.16 bits per heavy atom. The van der Waals surface area contributed by atoms with E-state index in [-0.39, 0.29) is 5.91 Å². The predicted octanol–water partition coefficient (Wildman–Crippen LogP) is 2.58. The van der Waals surface area contributed by atoms with Gasteiger partial charge in [-0.05, 0) is 30.3 Å². The highest BCUT2D eigenvalue weighted by Gasteiger charge is 2.13. The third kappa shape index (κ3) is 3.14. The van der Waals surface area contributed by atoms with Crippen LogP contribution in [0, 0.1) is 0 Å². The fourth-order valence-electron chi connectivity index (χ4n) is 1.54. The molecule has 98 valence electrons. The predicted molar refractivity (Wildman–Crippen MR) is 74.6 cm³/mol. The Hall–Kier alpha value is -2.27. The number of nitrogen functional groups attached to an aromatic ring is 1. The molecule has 6 heteroatoms. The number of ether oxygens (including phenoxy) is 1. The van der Waals surface area contributed by atoms with Gasteiger partial charge < -0.3 is 15.8 Å². The lowest BCUT2D eigenvalue weighted by atomic mass is 10.1. The fourth-order valence-corrected chi connectivity index (χ4v) is 1.65. The molecular formula is C13H12ClN3O2. The van der Waals surface area contributed by atoms with Crippen LogP contribution in [0.5, 0.6) is 5.75 Å². The summed E-state index contributed by atoms with van der Waals surface area (Å²) in [6.07, 6.45) is 1.45. The molecule has 5 nitrogen and oxygen atoms in total. The number of halogens is 1. The molecule has 0 atom stereocenters. The second-order valence-electron chi connectivity index (χ2n) is 3.78. The molecule has 2 aromatic rings. The van der Waals surface area contributed by atoms with Gasteiger partial charge in [0.05, 0.1) is 17.7 Å². The van der Waals surface area contributed by atoms with Crippen LogP contribution < -0.4 is 15.8 Å². The van der Waals surface area contributed by atoms with Gasteiger partial charge in [-0.2, -0.15) is 0 Å². The zero-order valence-corrected chi connectivity index (χ0v) is 10.9. The standard InChI is InChI=1S/C13H12ClN3O2/c1-19-11-4-3-9(15)6-10(11)13(18)17-12-5-2-8(14)7-16-12/h2-7H,15H2,1H3,(H,16,17,18). The van der Waals surface area contributed by atoms with Gasteiger partial charge >= 0.3 is 0 Å². The fraction of sp³-hybridized carbons (Fsp3) is 0.0769. The van der Waals surface area contributed by atoms with E-state index in [2.05, 4.69) is 10.3 Å². The highest BCUT2D eigenvalue weighted by molar-refractivity contribution is 6.30. The highest BCUT2D eigenvalue weighted by Crippen LogP contribution is 2.22. The monoisotopic (exact) mass is 277 g/mol. The van der Waals surface area contributed by atoms with Crippen LogP contribution in [0.15, 0.2) is 36.5 Å². The largest absolute Gasteiger partial charge is 0.496 e. The SMILES string of the molecule is COc1ccc(N)cc1C(=O)Nc1ccc(Cl)cn1. The maximum Gasteiger partial charge on any atom is 0.260 e. The number of nitrogens with zero attached hydrogens (tertiary/aromatic N) is 1. The lowest BCUT2D eigenvalue weighted by Gasteiger charge is -2.09. The van der Waals surface area contributed by atoms with Crippen molar-refractivity contribution in [2.75, 3.05) is 18.2 Å². The normalized spacial score (nSPS) is 10.0. The first-order valence-electron chi connectivity index (χ1n) is 5.46. The first-order chi connectivity index (χ1) is 9.10. The molecule has 0 saturated carbocycles. The Morgan fingerprint density at radius 1 is 1.37 bits per heavy atom. The molecular weight excluding hydrogens is 266 g/mol. The summed E-state index contributed by atoms with van der Waals surface area (Å²) in [5, 5.41) is 3.14. The molecule has 19 heavy (non-hydrogen) atoms. The van der Waals surface area contributed by atoms with Gasteiger partial charge in [0.15, 0.2) is 0 Å². The molecule has 2 rings (SSSR count). The van der Waals surface area contributed by atoms with Gasteiger partial charge in [0.1, 0.15) is 11.6 Å². The van der Waals surface area contributed by atoms with Gasteiger partial charge in [0.2, 0.25) is 0 Å². The summed E-state index contributed by atoms with van der Waals surface area (Å²) in [7, 11) is 1.49. The molecule has 3 N–H and O–H groups in total. The minimum Gasteiger partial charge on any atom is -0.496 e. The van der Waals surface area contributed by atoms with E-state index >= 15 is 0 Å². The van der Waals surface area contributed by atoms with E-state index in [1.807, 2.05) is 0 Å². The van der Waals surface area contributed by atoms with Gasteiger partial charge in [-0.1, -0.05) is 11.6 Å². The van der Waals surface area contributed by atoms with Crippen molar-refractivity contribution < 1.29 is 9.53 Å². The maximum atomic E-state index is 12.1. The third-order valence-corrected chi connectivity index (χ3v) is 2.66. The summed E-state index contributed by atoms with van der Waals surface area (Å²) in [5.41, 5.74) is 6.49. The lowest BCUT2D eigenvalue weighted by Crippen LogP contribution is -2.14. The summed E-state index contributed by atoms with van der Waals surface area (Å²) < 4.78 is 5.12. The van der Waals surface area contributed by atoms with E-state index in [1.54, 1.807) is 30.3 Å². The Labute approximate surface area is 115 Å². The molecule has 0 fully saturated rings. The van der Waals surface area contributed by atoms with Crippen LogP contribution in [0.25, 0.3) is 0 Å². The van der Waals surface area contributed by atoms with Crippen LogP contribution in [0.1, 0.15) is 10.4 Å². The zero-order valence-electron chi connectivity index (χ0n) is 10.2. The van der Waals surface area contributed by atoms with Crippen molar-refractivity contribution in [3.63, 3.8) is 0 Å². The second-order valence-corrected chi connectivity index (χ2v) is 4.21. The van der Waals surface area contributed by atoms with Gasteiger partial charge in [-0.3, -0.25) is 4.79 Å². The topological polar surface area (TPSA) is 77.2 Å². The first kappa shape index (κ1) is 13.2. The van der Waals surface area contributed by atoms with E-state index in [1.165, 1.54) is 13.3 Å². The van der Waals surface area contributed by atoms with Crippen LogP contribution >= 0.6 is 11.6 Å². The number of pyridine rings is 1. The van der Waals surface area contributed by atoms with Crippen LogP contribution in [0.3, 0.4) is 0 Å². The molecule has 1 heterocycles. The molecule has 1 aromatic heterocycles. The van der Waals surface area contributed by atoms with E-state index in [0.717, 1.165) is 0 Å². The number of benzene rings is 1. The number of aromatic nitrogens is 1. The molecule has 0 bridgehead atoms. The summed E-state index contributed by atoms with van der Waals surface area (Å²) >= 11 is 5.72. The third-order valence-electron chi connectivity index (χ3n) is 2.44. The minimum atomic E-state index is -0.348. The first-order valence-corrected chi connectivity index (χ1v) is 5.84. The molecule has 1 aromatic carbocycles. The Bertz CT molecular complexity index is 599. The molecule has 0 saturated heterocycles. The number of hydrogen-bond donors (Lipinski definition) is 2. The molecule has 0 aliphatic heterocycles. The van der Waals surface area contributed by atoms with Gasteiger partial charge in [0.25, 0.3) is 5.91 Å². The van der Waals surface area contributed by atoms with Crippen molar-refractivity contribution in [2.24, 2.45) is 0 Å². The van der Waals surface area contributed by atoms with E-state index in [9.17, 15) is 4.79 Å². The second kappa shape index (κ2) is 5.58. The number of carbonyl (C=O) groups is 1. The number of anilines is 2. The number of hydrogen-bond acceptors (Lipinski definition) is 4. The molecule has 1 amide bonds. The Balaban J connectivity index is 2.24. The summed E-state index contributed by atoms with van der Waals surface area (Å²) in [4.78, 5) is 16.1. The van der Waals surface area contributed by atoms with Crippen molar-refractivity contribution >= 4 is 29.0 Å². The average molecular weight is 278 g/mol. The van der Waals surface area contributed by atoms with Crippen molar-refractivity contribution in [1.29, 1.82) is 0 Å². The van der Waals surface area contributed by atoms with Crippen LogP contribution in [-0.2, 0) is 0 Å². The molecule has 0 radical (unpaired) electrons. The van der Waals surface area contributed by atoms with Gasteiger partial charge in [-0.25, -0.2) is 4.98 Å². The zero-order chi connectivity index (χ0) is 13.8. The lowest BCUT2D eigenvalue weighted by molar-refractivity contribution is 0.102. The number of rotatable bonds is 3. The van der Waals surface area contributed by atoms with Crippen molar-refractivity contribution in [1.82, 2.24) is 4.98 Å². The molecule has 0 aliphatic rings. The van der Waals surface area contributed by atoms with Gasteiger partial charge in [-0.15, -0.1) is 0 Å². The Morgan fingerprint density at radius 3 is 2.79 bits per heavy atom. The average Bonchev–Trinajstić information content (AvgIpc) is 2.41. The van der Waals surface area contributed by atoms with Crippen molar-refractivity contribution in [3.05, 3.63) is 47.1 Å². The van der Waals surface area contributed by atoms with E-state index < -0.39 is 0 Å². The number of carbonyl (C=O) groups excluding carboxylic acids is 1. The van der Waals surface area contributed by atoms with Crippen LogP contribution in [-0.4, -0.2) is 18.0 Å². The van der Waals surface area contributed by atoms with Crippen molar-refractivity contribution in [3.8, 4) is 5.75 Å². The number of nitrogens with two attached hydrogens (primary N) is 1.